The molecule has 5 N–H and O–H groups in total. The Balaban J connectivity index is 1.15. The molecule has 1 saturated heterocycles. The summed E-state index contributed by atoms with van der Waals surface area (Å²) in [5.41, 5.74) is 3.71. The van der Waals surface area contributed by atoms with E-state index in [1.54, 1.807) is 42.3 Å². The van der Waals surface area contributed by atoms with Crippen LogP contribution in [0.2, 0.25) is 0 Å². The molecule has 2 fully saturated rings. The Morgan fingerprint density at radius 1 is 0.859 bits per heavy atom. The molecule has 0 spiro atoms. The van der Waals surface area contributed by atoms with E-state index in [4.69, 9.17) is 14.2 Å². The largest absolute Gasteiger partial charge is 0.496 e. The fourth-order valence-electron chi connectivity index (χ4n) is 7.96. The minimum Gasteiger partial charge on any atom is -0.496 e. The number of tetrazole rings is 1. The highest BCUT2D eigenvalue weighted by molar-refractivity contribution is 5.98. The molecule has 5 amide bonds. The summed E-state index contributed by atoms with van der Waals surface area (Å²) in [6.07, 6.45) is 2.65. The van der Waals surface area contributed by atoms with Crippen LogP contribution in [0.15, 0.2) is 60.7 Å². The third-order valence-electron chi connectivity index (χ3n) is 11.2. The number of aromatic nitrogens is 4. The van der Waals surface area contributed by atoms with Crippen LogP contribution in [0.5, 0.6) is 5.75 Å². The number of hydrogen-bond acceptors (Lipinski definition) is 11. The molecule has 1 saturated carbocycles. The fraction of sp³-hybridized carbons (Fsp3) is 0.489. The van der Waals surface area contributed by atoms with E-state index in [0.717, 1.165) is 35.1 Å². The molecule has 4 aromatic rings. The van der Waals surface area contributed by atoms with Crippen molar-refractivity contribution in [3.8, 4) is 28.3 Å². The van der Waals surface area contributed by atoms with Crippen LogP contribution in [0.25, 0.3) is 22.5 Å². The molecular weight excluding hydrogens is 819 g/mol. The van der Waals surface area contributed by atoms with Crippen LogP contribution in [0.1, 0.15) is 95.1 Å². The summed E-state index contributed by atoms with van der Waals surface area (Å²) in [5.74, 6) is 0.0768. The Kier molecular flexibility index (Phi) is 14.9. The fourth-order valence-corrected chi connectivity index (χ4v) is 7.96. The number of nitrogens with zero attached hydrogens (tertiary/aromatic N) is 4. The van der Waals surface area contributed by atoms with Gasteiger partial charge < -0.3 is 40.4 Å². The lowest BCUT2D eigenvalue weighted by Gasteiger charge is -2.29. The third kappa shape index (κ3) is 13.0. The molecule has 6 rings (SSSR count). The van der Waals surface area contributed by atoms with Crippen LogP contribution in [-0.4, -0.2) is 105 Å². The molecule has 1 aliphatic carbocycles. The van der Waals surface area contributed by atoms with Crippen molar-refractivity contribution >= 4 is 35.6 Å². The number of methoxy groups -OCH3 is 1. The Labute approximate surface area is 374 Å². The lowest BCUT2D eigenvalue weighted by molar-refractivity contribution is -0.130. The second kappa shape index (κ2) is 20.3. The summed E-state index contributed by atoms with van der Waals surface area (Å²) in [7, 11) is 1.58. The van der Waals surface area contributed by atoms with Gasteiger partial charge >= 0.3 is 12.2 Å². The van der Waals surface area contributed by atoms with Crippen molar-refractivity contribution in [1.82, 2.24) is 41.5 Å². The van der Waals surface area contributed by atoms with Gasteiger partial charge in [0.2, 0.25) is 17.6 Å². The number of aromatic amines is 1. The van der Waals surface area contributed by atoms with Crippen molar-refractivity contribution in [2.24, 2.45) is 11.8 Å². The molecule has 3 aromatic carbocycles. The second-order valence-corrected chi connectivity index (χ2v) is 18.6. The maximum atomic E-state index is 14.1. The van der Waals surface area contributed by atoms with Gasteiger partial charge in [0.1, 0.15) is 23.0 Å². The van der Waals surface area contributed by atoms with E-state index < -0.39 is 35.3 Å². The molecule has 0 bridgehead atoms. The number of rotatable bonds is 13. The maximum absolute atomic E-state index is 14.1. The SMILES string of the molecule is COc1ccc(C[C@H](NC(=O)C2CCC(CNC(=O)OC(C)(C)C)CC2)C(=O)Nc2ccc(-c3nn[nH]n3)cc2)cc1-c1ccc(C(=O)N[C@@H]2CCN(C(=O)OC(C)(C)C)C2)cc1C. The predicted octanol–water partition coefficient (Wildman–Crippen LogP) is 6.59. The number of hydrogen-bond donors (Lipinski definition) is 5. The van der Waals surface area contributed by atoms with Crippen molar-refractivity contribution < 1.29 is 38.2 Å². The lowest BCUT2D eigenvalue weighted by Crippen LogP contribution is -2.48. The number of aryl methyl sites for hydroxylation is 1. The molecule has 2 heterocycles. The monoisotopic (exact) mass is 879 g/mol. The highest BCUT2D eigenvalue weighted by Gasteiger charge is 2.32. The zero-order chi connectivity index (χ0) is 46.2. The molecule has 64 heavy (non-hydrogen) atoms. The third-order valence-corrected chi connectivity index (χ3v) is 11.2. The van der Waals surface area contributed by atoms with Crippen molar-refractivity contribution in [2.45, 2.75) is 110 Å². The van der Waals surface area contributed by atoms with Crippen molar-refractivity contribution in [2.75, 3.05) is 32.1 Å². The molecular formula is C47H61N9O8. The summed E-state index contributed by atoms with van der Waals surface area (Å²) >= 11 is 0. The van der Waals surface area contributed by atoms with Gasteiger partial charge in [-0.3, -0.25) is 14.4 Å². The van der Waals surface area contributed by atoms with Crippen LogP contribution < -0.4 is 26.0 Å². The van der Waals surface area contributed by atoms with Crippen LogP contribution in [0.4, 0.5) is 15.3 Å². The zero-order valence-corrected chi connectivity index (χ0v) is 38.0. The summed E-state index contributed by atoms with van der Waals surface area (Å²) < 4.78 is 16.7. The normalized spacial score (nSPS) is 18.1. The zero-order valence-electron chi connectivity index (χ0n) is 38.0. The molecule has 17 heteroatoms. The van der Waals surface area contributed by atoms with Gasteiger partial charge in [0.05, 0.1) is 7.11 Å². The average Bonchev–Trinajstić information content (AvgIpc) is 3.96. The van der Waals surface area contributed by atoms with Crippen molar-refractivity contribution in [3.63, 3.8) is 0 Å². The molecule has 0 unspecified atom stereocenters. The number of nitrogens with one attached hydrogen (secondary N) is 5. The lowest BCUT2D eigenvalue weighted by atomic mass is 9.81. The first-order valence-corrected chi connectivity index (χ1v) is 21.8. The predicted molar refractivity (Wildman–Crippen MR) is 240 cm³/mol. The Hall–Kier alpha value is -6.52. The van der Waals surface area contributed by atoms with Crippen LogP contribution >= 0.6 is 0 Å². The number of carbonyl (C=O) groups excluding carboxylic acids is 5. The van der Waals surface area contributed by atoms with E-state index in [0.29, 0.717) is 67.3 Å². The van der Waals surface area contributed by atoms with Gasteiger partial charge in [0, 0.05) is 60.4 Å². The van der Waals surface area contributed by atoms with E-state index in [-0.39, 0.29) is 36.1 Å². The number of H-pyrrole nitrogens is 1. The standard InChI is InChI=1S/C47H61N9O8/c1-28-23-33(42(58)50-35-21-22-56(27-35)45(61)64-47(5,6)7)16-19-36(28)37-24-30(11-20-39(37)62-8)25-38(43(59)49-34-17-14-31(15-18-34)40-52-54-55-53-40)51-41(57)32-12-9-29(10-13-32)26-48-44(60)63-46(2,3)4/h11,14-20,23-24,29,32,35,38H,9-10,12-13,21-22,25-27H2,1-8H3,(H,48,60)(H,49,59)(H,50,58)(H,51,57)(H,52,53,54,55)/t29?,32?,35-,38+/m1/s1. The van der Waals surface area contributed by atoms with Gasteiger partial charge in [-0.25, -0.2) is 9.59 Å². The van der Waals surface area contributed by atoms with E-state index in [1.807, 2.05) is 78.8 Å². The molecule has 2 aliphatic rings. The van der Waals surface area contributed by atoms with Crippen molar-refractivity contribution in [1.29, 1.82) is 0 Å². The summed E-state index contributed by atoms with van der Waals surface area (Å²) in [5, 5.41) is 26.0. The number of anilines is 1. The van der Waals surface area contributed by atoms with E-state index in [1.165, 1.54) is 0 Å². The van der Waals surface area contributed by atoms with Crippen LogP contribution in [0, 0.1) is 18.8 Å². The van der Waals surface area contributed by atoms with Gasteiger partial charge in [-0.1, -0.05) is 12.1 Å². The smallest absolute Gasteiger partial charge is 0.410 e. The minimum atomic E-state index is -0.939. The number of alkyl carbamates (subject to hydrolysis) is 1. The molecule has 342 valence electrons. The van der Waals surface area contributed by atoms with Gasteiger partial charge in [0.25, 0.3) is 5.91 Å². The summed E-state index contributed by atoms with van der Waals surface area (Å²) in [6, 6.07) is 17.0. The first-order chi connectivity index (χ1) is 30.3. The number of likely N-dealkylation sites (tertiary alicyclic amines) is 1. The molecule has 1 aromatic heterocycles. The Bertz CT molecular complexity index is 2280. The minimum absolute atomic E-state index is 0.173. The Morgan fingerprint density at radius 3 is 2.22 bits per heavy atom. The number of carbonyl (C=O) groups is 5. The molecule has 17 nitrogen and oxygen atoms in total. The first kappa shape index (κ1) is 47.0. The summed E-state index contributed by atoms with van der Waals surface area (Å²) in [4.78, 5) is 67.8. The molecule has 0 radical (unpaired) electrons. The van der Waals surface area contributed by atoms with Gasteiger partial charge in [0.15, 0.2) is 0 Å². The topological polar surface area (TPSA) is 219 Å². The van der Waals surface area contributed by atoms with Gasteiger partial charge in [-0.2, -0.15) is 5.21 Å². The second-order valence-electron chi connectivity index (χ2n) is 18.6. The van der Waals surface area contributed by atoms with Gasteiger partial charge in [-0.15, -0.1) is 10.2 Å². The number of amides is 5. The van der Waals surface area contributed by atoms with E-state index in [2.05, 4.69) is 41.9 Å². The van der Waals surface area contributed by atoms with Crippen molar-refractivity contribution in [3.05, 3.63) is 77.4 Å². The first-order valence-electron chi connectivity index (χ1n) is 21.8. The number of benzene rings is 3. The van der Waals surface area contributed by atoms with Crippen LogP contribution in [0.3, 0.4) is 0 Å². The quantitative estimate of drug-likeness (QED) is 0.0965. The summed E-state index contributed by atoms with van der Waals surface area (Å²) in [6.45, 7) is 14.2. The Morgan fingerprint density at radius 2 is 1.58 bits per heavy atom. The maximum Gasteiger partial charge on any atom is 0.410 e. The highest BCUT2D eigenvalue weighted by atomic mass is 16.6. The van der Waals surface area contributed by atoms with Gasteiger partial charge in [-0.05, 0) is 157 Å². The van der Waals surface area contributed by atoms with Crippen LogP contribution in [-0.2, 0) is 25.5 Å². The average molecular weight is 880 g/mol. The van der Waals surface area contributed by atoms with E-state index >= 15 is 0 Å². The molecule has 1 aliphatic heterocycles. The molecule has 2 atom stereocenters. The number of ether oxygens (including phenoxy) is 3. The highest BCUT2D eigenvalue weighted by Crippen LogP contribution is 2.35. The van der Waals surface area contributed by atoms with E-state index in [9.17, 15) is 24.0 Å².